The van der Waals surface area contributed by atoms with E-state index < -0.39 is 11.7 Å². The third kappa shape index (κ3) is 1.67. The van der Waals surface area contributed by atoms with Crippen molar-refractivity contribution in [1.82, 2.24) is 0 Å². The molecule has 3 heterocycles. The van der Waals surface area contributed by atoms with E-state index in [4.69, 9.17) is 18.6 Å². The highest BCUT2D eigenvalue weighted by Crippen LogP contribution is 2.49. The van der Waals surface area contributed by atoms with Gasteiger partial charge in [-0.3, -0.25) is 4.79 Å². The molecular formula is C18H12O7. The molecule has 5 rings (SSSR count). The van der Waals surface area contributed by atoms with E-state index in [9.17, 15) is 15.0 Å². The zero-order chi connectivity index (χ0) is 17.3. The smallest absolute Gasteiger partial charge is 0.250 e. The SMILES string of the molecule is COc1cc2c(c3oc4c(O)ccc(O)c4c(=O)c13)C1C=COC1O2. The number of hydrogen-bond donors (Lipinski definition) is 2. The summed E-state index contributed by atoms with van der Waals surface area (Å²) >= 11 is 0. The third-order valence-corrected chi connectivity index (χ3v) is 4.61. The van der Waals surface area contributed by atoms with Gasteiger partial charge in [-0.2, -0.15) is 0 Å². The van der Waals surface area contributed by atoms with Gasteiger partial charge in [0, 0.05) is 6.07 Å². The summed E-state index contributed by atoms with van der Waals surface area (Å²) in [6, 6.07) is 4.12. The summed E-state index contributed by atoms with van der Waals surface area (Å²) in [5.41, 5.74) is 0.321. The highest BCUT2D eigenvalue weighted by atomic mass is 16.7. The number of ether oxygens (including phenoxy) is 3. The Bertz CT molecular complexity index is 1140. The molecule has 2 aliphatic heterocycles. The molecule has 2 N–H and O–H groups in total. The summed E-state index contributed by atoms with van der Waals surface area (Å²) in [5.74, 6) is 0.00618. The molecule has 2 unspecified atom stereocenters. The summed E-state index contributed by atoms with van der Waals surface area (Å²) in [6.07, 6.45) is 2.83. The molecule has 2 aliphatic rings. The van der Waals surface area contributed by atoms with Gasteiger partial charge in [0.25, 0.3) is 6.29 Å². The van der Waals surface area contributed by atoms with E-state index in [2.05, 4.69) is 0 Å². The van der Waals surface area contributed by atoms with Crippen LogP contribution in [0.25, 0.3) is 21.9 Å². The van der Waals surface area contributed by atoms with Crippen molar-refractivity contribution in [1.29, 1.82) is 0 Å². The molecular weight excluding hydrogens is 328 g/mol. The molecule has 0 radical (unpaired) electrons. The first-order valence-corrected chi connectivity index (χ1v) is 7.61. The predicted octanol–water partition coefficient (Wildman–Crippen LogP) is 2.71. The summed E-state index contributed by atoms with van der Waals surface area (Å²) in [7, 11) is 1.43. The van der Waals surface area contributed by atoms with Gasteiger partial charge in [-0.15, -0.1) is 0 Å². The Hall–Kier alpha value is -3.35. The highest BCUT2D eigenvalue weighted by molar-refractivity contribution is 6.00. The molecule has 126 valence electrons. The van der Waals surface area contributed by atoms with Gasteiger partial charge in [0.15, 0.2) is 11.3 Å². The van der Waals surface area contributed by atoms with Crippen LogP contribution < -0.4 is 14.9 Å². The second-order valence-electron chi connectivity index (χ2n) is 5.91. The quantitative estimate of drug-likeness (QED) is 0.519. The standard InChI is InChI=1S/C18H12O7/c1-22-10-6-11-12(7-4-5-23-18(7)24-11)17-14(10)15(21)13-8(19)2-3-9(20)16(13)25-17/h2-7,18-20H,1H3. The highest BCUT2D eigenvalue weighted by Gasteiger charge is 2.41. The van der Waals surface area contributed by atoms with E-state index in [1.54, 1.807) is 6.07 Å². The van der Waals surface area contributed by atoms with Crippen molar-refractivity contribution >= 4 is 21.9 Å². The van der Waals surface area contributed by atoms with Crippen LogP contribution in [0.5, 0.6) is 23.0 Å². The van der Waals surface area contributed by atoms with Crippen LogP contribution in [-0.4, -0.2) is 23.6 Å². The molecule has 0 amide bonds. The molecule has 1 aromatic heterocycles. The maximum atomic E-state index is 13.0. The molecule has 0 bridgehead atoms. The van der Waals surface area contributed by atoms with Crippen LogP contribution in [0.2, 0.25) is 0 Å². The summed E-state index contributed by atoms with van der Waals surface area (Å²) in [6.45, 7) is 0. The van der Waals surface area contributed by atoms with E-state index in [1.165, 1.54) is 25.5 Å². The molecule has 3 aromatic rings. The van der Waals surface area contributed by atoms with E-state index >= 15 is 0 Å². The van der Waals surface area contributed by atoms with E-state index in [-0.39, 0.29) is 45.1 Å². The first kappa shape index (κ1) is 14.0. The van der Waals surface area contributed by atoms with Crippen molar-refractivity contribution in [2.75, 3.05) is 7.11 Å². The van der Waals surface area contributed by atoms with Gasteiger partial charge < -0.3 is 28.8 Å². The minimum absolute atomic E-state index is 0.0840. The van der Waals surface area contributed by atoms with Crippen LogP contribution in [0.3, 0.4) is 0 Å². The van der Waals surface area contributed by atoms with Crippen molar-refractivity contribution in [2.45, 2.75) is 12.2 Å². The molecule has 7 heteroatoms. The number of fused-ring (bicyclic) bond motifs is 6. The second-order valence-corrected chi connectivity index (χ2v) is 5.91. The Morgan fingerprint density at radius 1 is 1.12 bits per heavy atom. The largest absolute Gasteiger partial charge is 0.507 e. The molecule has 2 aromatic carbocycles. The lowest BCUT2D eigenvalue weighted by Crippen LogP contribution is -2.14. The van der Waals surface area contributed by atoms with Crippen LogP contribution in [0.15, 0.2) is 39.7 Å². The summed E-state index contributed by atoms with van der Waals surface area (Å²) < 4.78 is 22.3. The maximum Gasteiger partial charge on any atom is 0.250 e. The monoisotopic (exact) mass is 340 g/mol. The van der Waals surface area contributed by atoms with Crippen LogP contribution in [0.1, 0.15) is 11.5 Å². The Labute approximate surface area is 140 Å². The van der Waals surface area contributed by atoms with Crippen molar-refractivity contribution in [3.63, 3.8) is 0 Å². The number of rotatable bonds is 1. The number of phenols is 2. The van der Waals surface area contributed by atoms with Crippen molar-refractivity contribution < 1.29 is 28.8 Å². The normalized spacial score (nSPS) is 20.4. The number of methoxy groups -OCH3 is 1. The molecule has 2 atom stereocenters. The maximum absolute atomic E-state index is 13.0. The molecule has 0 aliphatic carbocycles. The van der Waals surface area contributed by atoms with Gasteiger partial charge in [0.2, 0.25) is 5.43 Å². The molecule has 0 saturated carbocycles. The topological polar surface area (TPSA) is 98.4 Å². The minimum Gasteiger partial charge on any atom is -0.507 e. The first-order chi connectivity index (χ1) is 12.1. The van der Waals surface area contributed by atoms with Gasteiger partial charge in [0.05, 0.1) is 24.9 Å². The lowest BCUT2D eigenvalue weighted by molar-refractivity contribution is -0.00484. The molecule has 0 saturated heterocycles. The minimum atomic E-state index is -0.524. The lowest BCUT2D eigenvalue weighted by Gasteiger charge is -2.11. The zero-order valence-corrected chi connectivity index (χ0v) is 13.0. The van der Waals surface area contributed by atoms with Gasteiger partial charge >= 0.3 is 0 Å². The van der Waals surface area contributed by atoms with Crippen LogP contribution in [-0.2, 0) is 4.74 Å². The van der Waals surface area contributed by atoms with E-state index in [0.717, 1.165) is 0 Å². The van der Waals surface area contributed by atoms with Gasteiger partial charge in [-0.1, -0.05) is 0 Å². The van der Waals surface area contributed by atoms with Crippen molar-refractivity contribution in [3.05, 3.63) is 46.3 Å². The fourth-order valence-electron chi connectivity index (χ4n) is 3.48. The fraction of sp³-hybridized carbons (Fsp3) is 0.167. The number of phenolic OH excluding ortho intramolecular Hbond substituents is 2. The van der Waals surface area contributed by atoms with Gasteiger partial charge in [-0.05, 0) is 18.2 Å². The van der Waals surface area contributed by atoms with Gasteiger partial charge in [-0.25, -0.2) is 0 Å². The van der Waals surface area contributed by atoms with Crippen LogP contribution in [0.4, 0.5) is 0 Å². The number of benzene rings is 2. The van der Waals surface area contributed by atoms with E-state index in [0.29, 0.717) is 11.3 Å². The first-order valence-electron chi connectivity index (χ1n) is 7.61. The zero-order valence-electron chi connectivity index (χ0n) is 13.0. The fourth-order valence-corrected chi connectivity index (χ4v) is 3.48. The number of hydrogen-bond acceptors (Lipinski definition) is 7. The Balaban J connectivity index is 2.02. The molecule has 25 heavy (non-hydrogen) atoms. The van der Waals surface area contributed by atoms with Crippen LogP contribution in [0, 0.1) is 0 Å². The summed E-state index contributed by atoms with van der Waals surface area (Å²) in [4.78, 5) is 13.0. The third-order valence-electron chi connectivity index (χ3n) is 4.61. The Morgan fingerprint density at radius 3 is 2.72 bits per heavy atom. The predicted molar refractivity (Wildman–Crippen MR) is 87.3 cm³/mol. The van der Waals surface area contributed by atoms with E-state index in [1.807, 2.05) is 6.08 Å². The summed E-state index contributed by atoms with van der Waals surface area (Å²) in [5, 5.41) is 20.3. The van der Waals surface area contributed by atoms with Crippen molar-refractivity contribution in [2.24, 2.45) is 0 Å². The van der Waals surface area contributed by atoms with Crippen LogP contribution >= 0.6 is 0 Å². The number of aromatic hydroxyl groups is 2. The second kappa shape index (κ2) is 4.60. The average Bonchev–Trinajstić information content (AvgIpc) is 3.17. The lowest BCUT2D eigenvalue weighted by atomic mass is 9.97. The molecule has 0 spiro atoms. The Kier molecular flexibility index (Phi) is 2.58. The molecule has 0 fully saturated rings. The molecule has 7 nitrogen and oxygen atoms in total. The average molecular weight is 340 g/mol. The Morgan fingerprint density at radius 2 is 1.92 bits per heavy atom. The van der Waals surface area contributed by atoms with Crippen molar-refractivity contribution in [3.8, 4) is 23.0 Å². The van der Waals surface area contributed by atoms with Gasteiger partial charge in [0.1, 0.15) is 33.6 Å².